The largest absolute Gasteiger partial charge is 0.478 e. The Morgan fingerprint density at radius 2 is 2.22 bits per heavy atom. The zero-order valence-electron chi connectivity index (χ0n) is 14.3. The lowest BCUT2D eigenvalue weighted by Gasteiger charge is -2.12. The summed E-state index contributed by atoms with van der Waals surface area (Å²) in [4.78, 5) is 19.8. The predicted octanol–water partition coefficient (Wildman–Crippen LogP) is 4.80. The Balaban J connectivity index is 1.84. The molecule has 0 atom stereocenters. The number of nitriles is 1. The molecule has 3 heterocycles. The number of carboxylic acids is 1. The first-order valence-electron chi connectivity index (χ1n) is 8.14. The van der Waals surface area contributed by atoms with Crippen LogP contribution >= 0.6 is 11.3 Å². The number of fused-ring (bicyclic) bond motifs is 2. The van der Waals surface area contributed by atoms with Crippen LogP contribution in [0.4, 0.5) is 11.4 Å². The molecule has 4 aromatic rings. The first-order valence-corrected chi connectivity index (χ1v) is 8.96. The third kappa shape index (κ3) is 3.03. The second-order valence-corrected chi connectivity index (χ2v) is 7.06. The average molecular weight is 374 g/mol. The highest BCUT2D eigenvalue weighted by Crippen LogP contribution is 2.36. The van der Waals surface area contributed by atoms with Crippen LogP contribution < -0.4 is 5.32 Å². The van der Waals surface area contributed by atoms with Gasteiger partial charge in [-0.05, 0) is 42.8 Å². The third-order valence-corrected chi connectivity index (χ3v) is 5.36. The van der Waals surface area contributed by atoms with E-state index < -0.39 is 5.97 Å². The minimum atomic E-state index is -1.01. The van der Waals surface area contributed by atoms with Crippen LogP contribution in [0.25, 0.3) is 27.2 Å². The molecule has 6 nitrogen and oxygen atoms in total. The van der Waals surface area contributed by atoms with Crippen LogP contribution in [0.1, 0.15) is 16.0 Å². The van der Waals surface area contributed by atoms with Gasteiger partial charge in [0.2, 0.25) is 0 Å². The quantitative estimate of drug-likeness (QED) is 0.445. The van der Waals surface area contributed by atoms with Gasteiger partial charge in [0.15, 0.2) is 0 Å². The lowest BCUT2D eigenvalue weighted by atomic mass is 10.1. The van der Waals surface area contributed by atoms with E-state index in [9.17, 15) is 10.1 Å². The number of aromatic nitrogens is 2. The summed E-state index contributed by atoms with van der Waals surface area (Å²) in [6, 6.07) is 10.0. The maximum atomic E-state index is 10.8. The molecular weight excluding hydrogens is 360 g/mol. The van der Waals surface area contributed by atoms with Crippen molar-refractivity contribution in [1.82, 2.24) is 9.97 Å². The first kappa shape index (κ1) is 16.8. The van der Waals surface area contributed by atoms with E-state index in [0.29, 0.717) is 11.3 Å². The van der Waals surface area contributed by atoms with Crippen LogP contribution in [0, 0.1) is 18.3 Å². The standard InChI is InChI=1S/C20H14N4O2S/c1-11-14-6-7-22-17(14)4-3-16(11)24-19-12(9-21)10-23-20-15(19)8-13(27-20)2-5-18(25)26/h2-8,10,22H,1H3,(H,23,24)(H,25,26). The molecule has 4 rings (SSSR count). The number of H-pyrrole nitrogens is 1. The number of thiophene rings is 1. The van der Waals surface area contributed by atoms with Gasteiger partial charge in [0.25, 0.3) is 0 Å². The number of carbonyl (C=O) groups is 1. The number of anilines is 2. The van der Waals surface area contributed by atoms with E-state index in [4.69, 9.17) is 5.11 Å². The maximum Gasteiger partial charge on any atom is 0.328 e. The van der Waals surface area contributed by atoms with E-state index in [-0.39, 0.29) is 0 Å². The number of benzene rings is 1. The van der Waals surface area contributed by atoms with Crippen LogP contribution in [0.3, 0.4) is 0 Å². The van der Waals surface area contributed by atoms with Crippen molar-refractivity contribution in [2.75, 3.05) is 5.32 Å². The van der Waals surface area contributed by atoms with E-state index in [1.807, 2.05) is 37.4 Å². The highest BCUT2D eigenvalue weighted by atomic mass is 32.1. The summed E-state index contributed by atoms with van der Waals surface area (Å²) in [5.41, 5.74) is 4.13. The number of aromatic amines is 1. The molecule has 0 saturated carbocycles. The van der Waals surface area contributed by atoms with E-state index in [1.165, 1.54) is 23.6 Å². The Labute approximate surface area is 158 Å². The number of rotatable bonds is 4. The summed E-state index contributed by atoms with van der Waals surface area (Å²) in [5, 5.41) is 23.6. The molecule has 3 aromatic heterocycles. The zero-order valence-corrected chi connectivity index (χ0v) is 15.1. The van der Waals surface area contributed by atoms with E-state index in [1.54, 1.807) is 0 Å². The lowest BCUT2D eigenvalue weighted by Crippen LogP contribution is -1.97. The Morgan fingerprint density at radius 3 is 3.00 bits per heavy atom. The molecule has 0 spiro atoms. The van der Waals surface area contributed by atoms with Gasteiger partial charge in [0.1, 0.15) is 10.9 Å². The Bertz CT molecular complexity index is 1260. The minimum absolute atomic E-state index is 0.433. The van der Waals surface area contributed by atoms with Gasteiger partial charge >= 0.3 is 5.97 Å². The topological polar surface area (TPSA) is 102 Å². The molecule has 0 aliphatic carbocycles. The van der Waals surface area contributed by atoms with Gasteiger partial charge < -0.3 is 15.4 Å². The summed E-state index contributed by atoms with van der Waals surface area (Å²) in [6.07, 6.45) is 6.05. The van der Waals surface area contributed by atoms with Crippen molar-refractivity contribution >= 4 is 55.9 Å². The number of pyridine rings is 1. The van der Waals surface area contributed by atoms with Crippen molar-refractivity contribution in [3.05, 3.63) is 58.7 Å². The fourth-order valence-electron chi connectivity index (χ4n) is 3.02. The maximum absolute atomic E-state index is 10.8. The number of aliphatic carboxylic acids is 1. The summed E-state index contributed by atoms with van der Waals surface area (Å²) < 4.78 is 0. The Hall–Kier alpha value is -3.63. The molecule has 0 unspecified atom stereocenters. The highest BCUT2D eigenvalue weighted by molar-refractivity contribution is 7.19. The summed E-state index contributed by atoms with van der Waals surface area (Å²) in [7, 11) is 0. The van der Waals surface area contributed by atoms with Crippen LogP contribution in [-0.4, -0.2) is 21.0 Å². The van der Waals surface area contributed by atoms with Crippen molar-refractivity contribution in [3.8, 4) is 6.07 Å². The second-order valence-electron chi connectivity index (χ2n) is 6.00. The van der Waals surface area contributed by atoms with Crippen LogP contribution in [0.5, 0.6) is 0 Å². The fraction of sp³-hybridized carbons (Fsp3) is 0.0500. The number of carboxylic acid groups (broad SMARTS) is 1. The van der Waals surface area contributed by atoms with Crippen LogP contribution in [0.2, 0.25) is 0 Å². The smallest absolute Gasteiger partial charge is 0.328 e. The predicted molar refractivity (Wildman–Crippen MR) is 107 cm³/mol. The molecule has 0 saturated heterocycles. The molecule has 0 bridgehead atoms. The monoisotopic (exact) mass is 374 g/mol. The summed E-state index contributed by atoms with van der Waals surface area (Å²) >= 11 is 1.38. The van der Waals surface area contributed by atoms with Crippen LogP contribution in [-0.2, 0) is 4.79 Å². The first-order chi connectivity index (χ1) is 13.1. The zero-order chi connectivity index (χ0) is 19.0. The normalized spacial score (nSPS) is 11.3. The molecular formula is C20H14N4O2S. The minimum Gasteiger partial charge on any atom is -0.478 e. The molecule has 3 N–H and O–H groups in total. The molecule has 132 valence electrons. The Kier molecular flexibility index (Phi) is 4.11. The third-order valence-electron chi connectivity index (χ3n) is 4.36. The van der Waals surface area contributed by atoms with Crippen molar-refractivity contribution in [3.63, 3.8) is 0 Å². The second kappa shape index (κ2) is 6.59. The van der Waals surface area contributed by atoms with E-state index >= 15 is 0 Å². The number of aryl methyl sites for hydroxylation is 1. The van der Waals surface area contributed by atoms with Crippen molar-refractivity contribution < 1.29 is 9.90 Å². The van der Waals surface area contributed by atoms with Gasteiger partial charge in [-0.15, -0.1) is 11.3 Å². The van der Waals surface area contributed by atoms with Gasteiger partial charge in [-0.3, -0.25) is 0 Å². The number of nitrogens with zero attached hydrogens (tertiary/aromatic N) is 2. The van der Waals surface area contributed by atoms with Gasteiger partial charge in [0, 0.05) is 45.3 Å². The number of hydrogen-bond acceptors (Lipinski definition) is 5. The van der Waals surface area contributed by atoms with Crippen molar-refractivity contribution in [2.24, 2.45) is 0 Å². The van der Waals surface area contributed by atoms with Gasteiger partial charge in [-0.1, -0.05) is 0 Å². The number of hydrogen-bond donors (Lipinski definition) is 3. The average Bonchev–Trinajstić information content (AvgIpc) is 3.29. The molecule has 27 heavy (non-hydrogen) atoms. The Morgan fingerprint density at radius 1 is 1.37 bits per heavy atom. The molecule has 0 amide bonds. The van der Waals surface area contributed by atoms with Gasteiger partial charge in [-0.2, -0.15) is 5.26 Å². The molecule has 0 fully saturated rings. The fourth-order valence-corrected chi connectivity index (χ4v) is 3.93. The van der Waals surface area contributed by atoms with Crippen molar-refractivity contribution in [2.45, 2.75) is 6.92 Å². The van der Waals surface area contributed by atoms with Gasteiger partial charge in [0.05, 0.1) is 11.3 Å². The summed E-state index contributed by atoms with van der Waals surface area (Å²) in [5.74, 6) is -1.01. The lowest BCUT2D eigenvalue weighted by molar-refractivity contribution is -0.131. The van der Waals surface area contributed by atoms with Crippen LogP contribution in [0.15, 0.2) is 42.7 Å². The molecule has 7 heteroatoms. The SMILES string of the molecule is Cc1c(Nc2c(C#N)cnc3sc(C=CC(=O)O)cc23)ccc2[nH]ccc12. The highest BCUT2D eigenvalue weighted by Gasteiger charge is 2.14. The van der Waals surface area contributed by atoms with E-state index in [0.717, 1.165) is 43.3 Å². The van der Waals surface area contributed by atoms with Gasteiger partial charge in [-0.25, -0.2) is 9.78 Å². The number of nitrogens with one attached hydrogen (secondary N) is 2. The molecule has 0 aliphatic rings. The van der Waals surface area contributed by atoms with Crippen molar-refractivity contribution in [1.29, 1.82) is 5.26 Å². The van der Waals surface area contributed by atoms with E-state index in [2.05, 4.69) is 21.4 Å². The molecule has 0 radical (unpaired) electrons. The molecule has 0 aliphatic heterocycles. The summed E-state index contributed by atoms with van der Waals surface area (Å²) in [6.45, 7) is 2.03. The molecule has 1 aromatic carbocycles.